The zero-order valence-corrected chi connectivity index (χ0v) is 13.6. The van der Waals surface area contributed by atoms with Crippen LogP contribution in [0.2, 0.25) is 0 Å². The summed E-state index contributed by atoms with van der Waals surface area (Å²) in [5.74, 6) is 0.323. The molecule has 0 bridgehead atoms. The zero-order valence-electron chi connectivity index (χ0n) is 13.6. The van der Waals surface area contributed by atoms with E-state index in [0.29, 0.717) is 17.1 Å². The first-order valence-corrected chi connectivity index (χ1v) is 7.89. The second-order valence-corrected chi connectivity index (χ2v) is 5.71. The summed E-state index contributed by atoms with van der Waals surface area (Å²) in [6.07, 6.45) is 3.17. The Bertz CT molecular complexity index is 1020. The predicted octanol–water partition coefficient (Wildman–Crippen LogP) is 4.45. The molecule has 25 heavy (non-hydrogen) atoms. The fourth-order valence-corrected chi connectivity index (χ4v) is 2.58. The molecule has 4 aromatic rings. The van der Waals surface area contributed by atoms with Crippen molar-refractivity contribution < 1.29 is 9.21 Å². The van der Waals surface area contributed by atoms with Crippen LogP contribution in [0.25, 0.3) is 22.6 Å². The SMILES string of the molecule is Cc1ccc(-c2nc3ccccc3o2)cc1NC(=O)c1cccnc1. The van der Waals surface area contributed by atoms with E-state index in [1.54, 1.807) is 18.3 Å². The average Bonchev–Trinajstić information content (AvgIpc) is 3.08. The molecule has 0 radical (unpaired) electrons. The third kappa shape index (κ3) is 2.99. The number of aromatic nitrogens is 2. The summed E-state index contributed by atoms with van der Waals surface area (Å²) < 4.78 is 5.80. The number of amides is 1. The van der Waals surface area contributed by atoms with Crippen molar-refractivity contribution in [3.8, 4) is 11.5 Å². The first-order valence-electron chi connectivity index (χ1n) is 7.89. The number of hydrogen-bond acceptors (Lipinski definition) is 4. The van der Waals surface area contributed by atoms with Crippen molar-refractivity contribution in [1.29, 1.82) is 0 Å². The number of pyridine rings is 1. The topological polar surface area (TPSA) is 68.0 Å². The number of carbonyl (C=O) groups excluding carboxylic acids is 1. The molecule has 122 valence electrons. The van der Waals surface area contributed by atoms with Gasteiger partial charge in [-0.1, -0.05) is 18.2 Å². The molecule has 0 aliphatic heterocycles. The summed E-state index contributed by atoms with van der Waals surface area (Å²) >= 11 is 0. The van der Waals surface area contributed by atoms with Crippen LogP contribution in [0.1, 0.15) is 15.9 Å². The van der Waals surface area contributed by atoms with E-state index in [1.807, 2.05) is 49.4 Å². The summed E-state index contributed by atoms with van der Waals surface area (Å²) in [4.78, 5) is 20.8. The summed E-state index contributed by atoms with van der Waals surface area (Å²) in [6.45, 7) is 1.94. The lowest BCUT2D eigenvalue weighted by atomic mass is 10.1. The number of aryl methyl sites for hydroxylation is 1. The van der Waals surface area contributed by atoms with E-state index in [1.165, 1.54) is 6.20 Å². The normalized spacial score (nSPS) is 10.8. The lowest BCUT2D eigenvalue weighted by molar-refractivity contribution is 0.102. The highest BCUT2D eigenvalue weighted by Crippen LogP contribution is 2.28. The van der Waals surface area contributed by atoms with Gasteiger partial charge in [0.25, 0.3) is 5.91 Å². The van der Waals surface area contributed by atoms with Gasteiger partial charge in [0.05, 0.1) is 5.56 Å². The number of oxazole rings is 1. The predicted molar refractivity (Wildman–Crippen MR) is 96.4 cm³/mol. The highest BCUT2D eigenvalue weighted by molar-refractivity contribution is 6.04. The summed E-state index contributed by atoms with van der Waals surface area (Å²) in [6, 6.07) is 16.8. The number of carbonyl (C=O) groups is 1. The van der Waals surface area contributed by atoms with Crippen LogP contribution >= 0.6 is 0 Å². The molecule has 1 N–H and O–H groups in total. The molecular formula is C20H15N3O2. The largest absolute Gasteiger partial charge is 0.436 e. The maximum atomic E-state index is 12.4. The Balaban J connectivity index is 1.67. The first-order chi connectivity index (χ1) is 12.2. The molecule has 0 saturated carbocycles. The van der Waals surface area contributed by atoms with Gasteiger partial charge in [0.2, 0.25) is 5.89 Å². The minimum atomic E-state index is -0.203. The molecule has 0 spiro atoms. The molecule has 5 heteroatoms. The second-order valence-electron chi connectivity index (χ2n) is 5.71. The summed E-state index contributed by atoms with van der Waals surface area (Å²) in [5, 5.41) is 2.92. The lowest BCUT2D eigenvalue weighted by Crippen LogP contribution is -2.13. The number of benzene rings is 2. The van der Waals surface area contributed by atoms with Crippen LogP contribution in [0.4, 0.5) is 5.69 Å². The number of anilines is 1. The monoisotopic (exact) mass is 329 g/mol. The highest BCUT2D eigenvalue weighted by Gasteiger charge is 2.12. The van der Waals surface area contributed by atoms with E-state index in [0.717, 1.165) is 22.2 Å². The number of hydrogen-bond donors (Lipinski definition) is 1. The van der Waals surface area contributed by atoms with Gasteiger partial charge >= 0.3 is 0 Å². The molecule has 0 saturated heterocycles. The molecule has 0 aliphatic rings. The van der Waals surface area contributed by atoms with E-state index in [4.69, 9.17) is 4.42 Å². The fraction of sp³-hybridized carbons (Fsp3) is 0.0500. The van der Waals surface area contributed by atoms with E-state index < -0.39 is 0 Å². The summed E-state index contributed by atoms with van der Waals surface area (Å²) in [7, 11) is 0. The molecule has 0 unspecified atom stereocenters. The van der Waals surface area contributed by atoms with Crippen molar-refractivity contribution in [3.05, 3.63) is 78.1 Å². The molecule has 0 fully saturated rings. The Labute approximate surface area is 144 Å². The summed E-state index contributed by atoms with van der Waals surface area (Å²) in [5.41, 5.74) is 4.53. The van der Waals surface area contributed by atoms with Crippen LogP contribution in [-0.2, 0) is 0 Å². The van der Waals surface area contributed by atoms with Crippen molar-refractivity contribution in [1.82, 2.24) is 9.97 Å². The van der Waals surface area contributed by atoms with E-state index in [2.05, 4.69) is 15.3 Å². The van der Waals surface area contributed by atoms with Crippen LogP contribution in [0, 0.1) is 6.92 Å². The number of rotatable bonds is 3. The Morgan fingerprint density at radius 1 is 1.08 bits per heavy atom. The first kappa shape index (κ1) is 15.1. The number of nitrogens with zero attached hydrogens (tertiary/aromatic N) is 2. The van der Waals surface area contributed by atoms with Crippen LogP contribution in [0.5, 0.6) is 0 Å². The Morgan fingerprint density at radius 2 is 1.96 bits per heavy atom. The number of nitrogens with one attached hydrogen (secondary N) is 1. The van der Waals surface area contributed by atoms with Crippen molar-refractivity contribution in [2.75, 3.05) is 5.32 Å². The molecule has 2 aromatic heterocycles. The number of fused-ring (bicyclic) bond motifs is 1. The Hall–Kier alpha value is -3.47. The lowest BCUT2D eigenvalue weighted by Gasteiger charge is -2.09. The smallest absolute Gasteiger partial charge is 0.257 e. The van der Waals surface area contributed by atoms with Crippen LogP contribution in [0.3, 0.4) is 0 Å². The third-order valence-electron chi connectivity index (χ3n) is 3.95. The highest BCUT2D eigenvalue weighted by atomic mass is 16.3. The van der Waals surface area contributed by atoms with Crippen molar-refractivity contribution in [3.63, 3.8) is 0 Å². The van der Waals surface area contributed by atoms with Gasteiger partial charge in [-0.2, -0.15) is 0 Å². The second kappa shape index (κ2) is 6.20. The van der Waals surface area contributed by atoms with Gasteiger partial charge in [0.15, 0.2) is 5.58 Å². The van der Waals surface area contributed by atoms with E-state index in [-0.39, 0.29) is 5.91 Å². The van der Waals surface area contributed by atoms with Crippen molar-refractivity contribution in [2.24, 2.45) is 0 Å². The van der Waals surface area contributed by atoms with Gasteiger partial charge in [0, 0.05) is 23.6 Å². The molecule has 0 aliphatic carbocycles. The van der Waals surface area contributed by atoms with Gasteiger partial charge in [-0.3, -0.25) is 9.78 Å². The molecule has 2 heterocycles. The molecule has 4 rings (SSSR count). The van der Waals surface area contributed by atoms with E-state index in [9.17, 15) is 4.79 Å². The Kier molecular flexibility index (Phi) is 3.74. The molecule has 5 nitrogen and oxygen atoms in total. The van der Waals surface area contributed by atoms with E-state index >= 15 is 0 Å². The van der Waals surface area contributed by atoms with Gasteiger partial charge < -0.3 is 9.73 Å². The maximum absolute atomic E-state index is 12.4. The van der Waals surface area contributed by atoms with Crippen molar-refractivity contribution in [2.45, 2.75) is 6.92 Å². The van der Waals surface area contributed by atoms with Gasteiger partial charge in [0.1, 0.15) is 5.52 Å². The van der Waals surface area contributed by atoms with Gasteiger partial charge in [-0.25, -0.2) is 4.98 Å². The fourth-order valence-electron chi connectivity index (χ4n) is 2.58. The quantitative estimate of drug-likeness (QED) is 0.603. The Morgan fingerprint density at radius 3 is 2.76 bits per heavy atom. The zero-order chi connectivity index (χ0) is 17.2. The van der Waals surface area contributed by atoms with Crippen LogP contribution < -0.4 is 5.32 Å². The van der Waals surface area contributed by atoms with Gasteiger partial charge in [-0.05, 0) is 48.9 Å². The molecule has 1 amide bonds. The molecule has 0 atom stereocenters. The van der Waals surface area contributed by atoms with Crippen molar-refractivity contribution >= 4 is 22.7 Å². The minimum Gasteiger partial charge on any atom is -0.436 e. The number of para-hydroxylation sites is 2. The molecular weight excluding hydrogens is 314 g/mol. The molecule has 2 aromatic carbocycles. The van der Waals surface area contributed by atoms with Crippen LogP contribution in [0.15, 0.2) is 71.4 Å². The maximum Gasteiger partial charge on any atom is 0.257 e. The minimum absolute atomic E-state index is 0.203. The standard InChI is InChI=1S/C20H15N3O2/c1-13-8-9-14(20-23-16-6-2-3-7-18(16)25-20)11-17(13)22-19(24)15-5-4-10-21-12-15/h2-12H,1H3,(H,22,24). The van der Waals surface area contributed by atoms with Crippen LogP contribution in [-0.4, -0.2) is 15.9 Å². The average molecular weight is 329 g/mol. The third-order valence-corrected chi connectivity index (χ3v) is 3.95. The van der Waals surface area contributed by atoms with Gasteiger partial charge in [-0.15, -0.1) is 0 Å².